The topological polar surface area (TPSA) is 0 Å². The van der Waals surface area contributed by atoms with Gasteiger partial charge in [-0.2, -0.15) is 0 Å². The van der Waals surface area contributed by atoms with Crippen molar-refractivity contribution in [1.82, 2.24) is 0 Å². The molecule has 0 unspecified atom stereocenters. The summed E-state index contributed by atoms with van der Waals surface area (Å²) in [4.78, 5) is 0. The molecule has 0 aromatic carbocycles. The Kier molecular flexibility index (Phi) is 39.9. The summed E-state index contributed by atoms with van der Waals surface area (Å²) < 4.78 is 0. The fraction of sp³-hybridized carbons (Fsp3) is 0. The van der Waals surface area contributed by atoms with Crippen LogP contribution in [0.2, 0.25) is 0 Å². The normalized spacial score (nSPS) is 13.3. The Morgan fingerprint density at radius 3 is 0.667 bits per heavy atom. The zero-order valence-corrected chi connectivity index (χ0v) is 7.95. The van der Waals surface area contributed by atoms with Crippen LogP contribution in [-0.2, 0) is 21.7 Å². The minimum atomic E-state index is 0. The van der Waals surface area contributed by atoms with Crippen molar-refractivity contribution in [2.75, 3.05) is 0 Å². The number of hydrogen-bond donors (Lipinski definition) is 0. The fourth-order valence-electron chi connectivity index (χ4n) is 0.321. The van der Waals surface area contributed by atoms with Gasteiger partial charge in [0.2, 0.25) is 0 Å². The summed E-state index contributed by atoms with van der Waals surface area (Å²) in [5.41, 5.74) is 0. The van der Waals surface area contributed by atoms with Crippen molar-refractivity contribution in [3.8, 4) is 0 Å². The molecule has 0 aromatic rings. The Hall–Kier alpha value is 0.714. The van der Waals surface area contributed by atoms with E-state index in [1.807, 2.05) is 32.1 Å². The molecule has 1 rings (SSSR count). The first kappa shape index (κ1) is 22.6. The molecule has 0 amide bonds. The van der Waals surface area contributed by atoms with Crippen LogP contribution in [0.3, 0.4) is 0 Å². The van der Waals surface area contributed by atoms with Crippen molar-refractivity contribution in [3.05, 3.63) is 54.4 Å². The van der Waals surface area contributed by atoms with Crippen LogP contribution in [0.15, 0.2) is 0 Å². The Morgan fingerprint density at radius 1 is 0.444 bits per heavy atom. The average molecular weight is 158 g/mol. The third kappa shape index (κ3) is 12.0. The standard InChI is InChI=1S/C5H5.3CH3.Ti/c1-2-4-5-3-1;;;;/h1-5H;3*1H3;/q;3*-1;+4. The average Bonchev–Trinajstić information content (AvgIpc) is 1.76. The first-order valence-corrected chi connectivity index (χ1v) is 1.67. The molecule has 1 aliphatic rings. The molecule has 0 bridgehead atoms. The predicted octanol–water partition coefficient (Wildman–Crippen LogP) is 2.37. The molecule has 49 valence electrons. The summed E-state index contributed by atoms with van der Waals surface area (Å²) in [6.45, 7) is 0. The Balaban J connectivity index is -0.0000000312. The van der Waals surface area contributed by atoms with Crippen LogP contribution in [-0.4, -0.2) is 0 Å². The second kappa shape index (κ2) is 15.9. The predicted molar refractivity (Wildman–Crippen MR) is 40.7 cm³/mol. The van der Waals surface area contributed by atoms with Crippen molar-refractivity contribution in [3.63, 3.8) is 0 Å². The molecule has 0 aromatic heterocycles. The van der Waals surface area contributed by atoms with Crippen molar-refractivity contribution >= 4 is 0 Å². The maximum Gasteiger partial charge on any atom is 4.00 e. The van der Waals surface area contributed by atoms with Crippen LogP contribution in [0.1, 0.15) is 0 Å². The summed E-state index contributed by atoms with van der Waals surface area (Å²) in [5, 5.41) is 0. The van der Waals surface area contributed by atoms with Crippen molar-refractivity contribution in [2.24, 2.45) is 0 Å². The summed E-state index contributed by atoms with van der Waals surface area (Å²) >= 11 is 0. The second-order valence-corrected chi connectivity index (χ2v) is 0.962. The van der Waals surface area contributed by atoms with Gasteiger partial charge in [0.05, 0.1) is 0 Å². The molecule has 0 aliphatic heterocycles. The zero-order chi connectivity index (χ0) is 3.54. The van der Waals surface area contributed by atoms with E-state index in [9.17, 15) is 0 Å². The maximum atomic E-state index is 2.00. The van der Waals surface area contributed by atoms with Crippen LogP contribution in [0.25, 0.3) is 0 Å². The van der Waals surface area contributed by atoms with Gasteiger partial charge < -0.3 is 22.3 Å². The molecule has 0 spiro atoms. The van der Waals surface area contributed by atoms with Gasteiger partial charge in [-0.05, 0) is 32.1 Å². The third-order valence-electron chi connectivity index (χ3n) is 0.556. The van der Waals surface area contributed by atoms with Crippen molar-refractivity contribution < 1.29 is 21.7 Å². The Morgan fingerprint density at radius 2 is 0.556 bits per heavy atom. The molecule has 0 heterocycles. The molecule has 1 heteroatoms. The van der Waals surface area contributed by atoms with E-state index in [4.69, 9.17) is 0 Å². The van der Waals surface area contributed by atoms with Gasteiger partial charge >= 0.3 is 21.7 Å². The van der Waals surface area contributed by atoms with Gasteiger partial charge in [0.1, 0.15) is 0 Å². The van der Waals surface area contributed by atoms with E-state index in [2.05, 4.69) is 0 Å². The first-order valence-electron chi connectivity index (χ1n) is 1.67. The van der Waals surface area contributed by atoms with E-state index in [-0.39, 0.29) is 44.0 Å². The summed E-state index contributed by atoms with van der Waals surface area (Å²) in [7, 11) is 0. The van der Waals surface area contributed by atoms with Gasteiger partial charge in [-0.3, -0.25) is 0 Å². The minimum Gasteiger partial charge on any atom is -0.358 e. The van der Waals surface area contributed by atoms with E-state index in [1.54, 1.807) is 0 Å². The van der Waals surface area contributed by atoms with Gasteiger partial charge in [-0.25, -0.2) is 0 Å². The van der Waals surface area contributed by atoms with E-state index in [0.29, 0.717) is 0 Å². The van der Waals surface area contributed by atoms with Gasteiger partial charge in [0.15, 0.2) is 0 Å². The van der Waals surface area contributed by atoms with Crippen LogP contribution in [0.5, 0.6) is 0 Å². The van der Waals surface area contributed by atoms with Gasteiger partial charge in [0, 0.05) is 0 Å². The second-order valence-electron chi connectivity index (χ2n) is 0.962. The molecule has 0 N–H and O–H groups in total. The number of rotatable bonds is 0. The third-order valence-corrected chi connectivity index (χ3v) is 0.556. The first-order chi connectivity index (χ1) is 2.50. The van der Waals surface area contributed by atoms with Crippen LogP contribution in [0.4, 0.5) is 0 Å². The quantitative estimate of drug-likeness (QED) is 0.375. The van der Waals surface area contributed by atoms with Crippen LogP contribution in [0, 0.1) is 54.4 Å². The van der Waals surface area contributed by atoms with Gasteiger partial charge in [0.25, 0.3) is 0 Å². The fourth-order valence-corrected chi connectivity index (χ4v) is 0.321. The molecule has 5 radical (unpaired) electrons. The summed E-state index contributed by atoms with van der Waals surface area (Å²) in [6, 6.07) is 0. The molecule has 9 heavy (non-hydrogen) atoms. The molecule has 1 fully saturated rings. The van der Waals surface area contributed by atoms with Crippen molar-refractivity contribution in [2.45, 2.75) is 0 Å². The molecule has 1 saturated carbocycles. The molecular formula is C8H14Ti+. The molecule has 1 aliphatic carbocycles. The largest absolute Gasteiger partial charge is 4.00 e. The molecule has 0 saturated heterocycles. The van der Waals surface area contributed by atoms with Crippen LogP contribution >= 0.6 is 0 Å². The van der Waals surface area contributed by atoms with E-state index in [0.717, 1.165) is 0 Å². The number of hydrogen-bond acceptors (Lipinski definition) is 0. The Labute approximate surface area is 76.3 Å². The van der Waals surface area contributed by atoms with E-state index < -0.39 is 0 Å². The zero-order valence-electron chi connectivity index (χ0n) is 6.39. The molecular weight excluding hydrogens is 144 g/mol. The molecule has 0 nitrogen and oxygen atoms in total. The van der Waals surface area contributed by atoms with Gasteiger partial charge in [-0.15, -0.1) is 0 Å². The Bertz CT molecular complexity index is 16.1. The van der Waals surface area contributed by atoms with Crippen LogP contribution < -0.4 is 0 Å². The summed E-state index contributed by atoms with van der Waals surface area (Å²) in [6.07, 6.45) is 10.0. The SMILES string of the molecule is [CH3-].[CH3-].[CH3-].[CH]1[CH][CH][CH][CH]1.[Ti+4]. The monoisotopic (exact) mass is 158 g/mol. The smallest absolute Gasteiger partial charge is 0.358 e. The van der Waals surface area contributed by atoms with Crippen molar-refractivity contribution in [1.29, 1.82) is 0 Å². The minimum absolute atomic E-state index is 0. The van der Waals surface area contributed by atoms with E-state index in [1.165, 1.54) is 0 Å². The maximum absolute atomic E-state index is 2.00. The van der Waals surface area contributed by atoms with E-state index >= 15 is 0 Å². The van der Waals surface area contributed by atoms with Gasteiger partial charge in [-0.1, -0.05) is 0 Å². The summed E-state index contributed by atoms with van der Waals surface area (Å²) in [5.74, 6) is 0. The molecule has 0 atom stereocenters.